The van der Waals surface area contributed by atoms with Gasteiger partial charge in [-0.05, 0) is 74.4 Å². The number of carbonyl (C=O) groups excluding carboxylic acids is 10. The van der Waals surface area contributed by atoms with Gasteiger partial charge in [-0.3, -0.25) is 48.1 Å². The number of benzene rings is 3. The second kappa shape index (κ2) is 45.1. The number of pyridine rings is 4. The highest BCUT2D eigenvalue weighted by molar-refractivity contribution is 5.99. The predicted molar refractivity (Wildman–Crippen MR) is 438 cm³/mol. The fourth-order valence-electron chi connectivity index (χ4n) is 14.4. The molecule has 7 amide bonds. The number of ketones is 2. The summed E-state index contributed by atoms with van der Waals surface area (Å²) in [6.45, 7) is 16.3. The van der Waals surface area contributed by atoms with Crippen LogP contribution in [0.4, 0.5) is 14.9 Å². The number of Topliss-reactive ketones (excluding diaryl/α,β-unsaturated/α-hetero) is 2. The Bertz CT molecular complexity index is 4420. The maximum atomic E-state index is 13.6. The topological polar surface area (TPSA) is 318 Å². The summed E-state index contributed by atoms with van der Waals surface area (Å²) in [5.41, 5.74) is 6.07. The molecule has 6 aliphatic rings. The number of rotatable bonds is 28. The molecule has 1 aliphatic carbocycles. The van der Waals surface area contributed by atoms with Crippen molar-refractivity contribution in [1.82, 2.24) is 50.2 Å². The number of carbonyl (C=O) groups is 10. The van der Waals surface area contributed by atoms with Crippen molar-refractivity contribution in [2.75, 3.05) is 70.3 Å². The predicted octanol–water partition coefficient (Wildman–Crippen LogP) is 12.1. The van der Waals surface area contributed by atoms with Crippen molar-refractivity contribution >= 4 is 64.8 Å². The van der Waals surface area contributed by atoms with E-state index in [4.69, 9.17) is 28.4 Å². The fraction of sp³-hybridized carbons (Fsp3) is 0.467. The van der Waals surface area contributed by atoms with E-state index in [2.05, 4.69) is 30.6 Å². The first-order chi connectivity index (χ1) is 56.9. The van der Waals surface area contributed by atoms with Crippen molar-refractivity contribution < 1.29 is 80.8 Å². The maximum absolute atomic E-state index is 13.6. The quantitative estimate of drug-likeness (QED) is 0.0261. The van der Waals surface area contributed by atoms with Gasteiger partial charge < -0.3 is 58.7 Å². The lowest BCUT2D eigenvalue weighted by molar-refractivity contribution is -0.160. The average molecular weight is 1620 g/mol. The van der Waals surface area contributed by atoms with E-state index in [1.807, 2.05) is 137 Å². The van der Waals surface area contributed by atoms with Crippen LogP contribution in [-0.4, -0.2) is 201 Å². The van der Waals surface area contributed by atoms with Gasteiger partial charge in [0.05, 0.1) is 31.5 Å². The molecule has 5 aliphatic heterocycles. The Morgan fingerprint density at radius 1 is 0.500 bits per heavy atom. The normalized spacial score (nSPS) is 17.3. The Labute approximate surface area is 689 Å². The summed E-state index contributed by atoms with van der Waals surface area (Å²) in [7, 11) is 0. The minimum atomic E-state index is -0.856. The highest BCUT2D eigenvalue weighted by Crippen LogP contribution is 2.29. The molecule has 2 N–H and O–H groups in total. The SMILES string of the molecule is CC(=O)NCC1CN(c2ccc(OC3CCN(C(=O)C(C(=O)OCc4ccccc4)C(C)C)CC3)nc2)C(=O)O1.Cc1ccc(C(=O)CCC(=O)N2CCC(Oc3ccc(C)cn3)CC2)cc1.Cc1ccc(OC2CCN(C(=O)CCC(=O)c3ccccc3)C2)nc1.O=C(CCC(=O)N1CCC(Oc2ncccc2F)CC1)NC1CCCC1. The number of halogens is 1. The number of nitrogens with one attached hydrogen (secondary N) is 2. The van der Waals surface area contributed by atoms with Gasteiger partial charge >= 0.3 is 12.1 Å². The molecule has 4 aromatic heterocycles. The molecule has 3 aromatic carbocycles. The number of nitrogens with zero attached hydrogens (tertiary/aromatic N) is 9. The lowest BCUT2D eigenvalue weighted by Crippen LogP contribution is -2.47. The number of piperidine rings is 3. The molecular weight excluding hydrogens is 1510 g/mol. The Kier molecular flexibility index (Phi) is 33.9. The third-order valence-electron chi connectivity index (χ3n) is 21.3. The molecule has 5 saturated heterocycles. The van der Waals surface area contributed by atoms with Crippen LogP contribution in [0.5, 0.6) is 23.5 Å². The van der Waals surface area contributed by atoms with Gasteiger partial charge in [-0.2, -0.15) is 0 Å². The largest absolute Gasteiger partial charge is 0.474 e. The smallest absolute Gasteiger partial charge is 0.414 e. The monoisotopic (exact) mass is 1620 g/mol. The molecule has 28 heteroatoms. The molecule has 1 saturated carbocycles. The van der Waals surface area contributed by atoms with E-state index in [0.29, 0.717) is 119 Å². The number of anilines is 1. The van der Waals surface area contributed by atoms with Crippen LogP contribution < -0.4 is 34.5 Å². The van der Waals surface area contributed by atoms with Crippen LogP contribution >= 0.6 is 0 Å². The Balaban J connectivity index is 0.000000169. The Morgan fingerprint density at radius 3 is 1.51 bits per heavy atom. The molecule has 3 atom stereocenters. The van der Waals surface area contributed by atoms with E-state index in [9.17, 15) is 52.3 Å². The zero-order valence-electron chi connectivity index (χ0n) is 68.4. The molecular formula is C90H110FN11O16. The van der Waals surface area contributed by atoms with E-state index >= 15 is 0 Å². The number of aromatic nitrogens is 4. The zero-order chi connectivity index (χ0) is 83.9. The molecule has 118 heavy (non-hydrogen) atoms. The lowest BCUT2D eigenvalue weighted by Gasteiger charge is -2.34. The van der Waals surface area contributed by atoms with Gasteiger partial charge in [-0.25, -0.2) is 29.1 Å². The van der Waals surface area contributed by atoms with Gasteiger partial charge in [0.2, 0.25) is 53.1 Å². The van der Waals surface area contributed by atoms with Crippen LogP contribution in [-0.2, 0) is 49.6 Å². The fourth-order valence-corrected chi connectivity index (χ4v) is 14.4. The zero-order valence-corrected chi connectivity index (χ0v) is 68.4. The van der Waals surface area contributed by atoms with Gasteiger partial charge in [0, 0.05) is 190 Å². The summed E-state index contributed by atoms with van der Waals surface area (Å²) in [4.78, 5) is 148. The van der Waals surface area contributed by atoms with E-state index in [0.717, 1.165) is 54.4 Å². The summed E-state index contributed by atoms with van der Waals surface area (Å²) in [5, 5.41) is 5.65. The van der Waals surface area contributed by atoms with Gasteiger partial charge in [0.15, 0.2) is 17.4 Å². The van der Waals surface area contributed by atoms with E-state index in [1.54, 1.807) is 57.6 Å². The number of hydrogen-bond donors (Lipinski definition) is 2. The van der Waals surface area contributed by atoms with Crippen LogP contribution in [0.3, 0.4) is 0 Å². The number of cyclic esters (lactones) is 1. The summed E-state index contributed by atoms with van der Waals surface area (Å²) < 4.78 is 47.7. The lowest BCUT2D eigenvalue weighted by atomic mass is 9.93. The van der Waals surface area contributed by atoms with E-state index in [1.165, 1.54) is 43.0 Å². The summed E-state index contributed by atoms with van der Waals surface area (Å²) in [6.07, 6.45) is 16.2. The number of amides is 7. The standard InChI is InChI=1S/C29H36N4O7.C22H26N2O3.C20H22N2O3.C19H26FN3O3/c1-19(2)26(28(36)38-18-21-7-5-4-6-8-21)27(35)32-13-11-23(12-14-32)39-25-10-9-22(15-31-25)33-17-24(40-29(33)37)16-30-20(3)34;1-16-3-6-18(7-4-16)20(25)8-10-22(26)24-13-11-19(12-14-24)27-21-9-5-17(2)15-23-21;1-15-7-9-19(21-13-15)25-17-11-12-22(14-17)20(24)10-8-18(23)16-5-3-2-4-6-16;20-16-6-3-11-21-19(16)26-15-9-12-23(13-10-15)18(25)8-7-17(24)22-14-4-1-2-5-14/h4-10,15,19,23-24,26H,11-14,16-18H2,1-3H3,(H,30,34);3-7,9,15,19H,8,10-14H2,1-2H3;2-7,9,13,17H,8,10-12,14H2,1H3;3,6,11,14-15H,1-2,4-5,7-10,12-13H2,(H,22,24). The first-order valence-corrected chi connectivity index (χ1v) is 41.1. The van der Waals surface area contributed by atoms with Crippen molar-refractivity contribution in [3.63, 3.8) is 0 Å². The summed E-state index contributed by atoms with van der Waals surface area (Å²) in [6, 6.07) is 40.2. The second-order valence-electron chi connectivity index (χ2n) is 30.9. The van der Waals surface area contributed by atoms with Gasteiger partial charge in [0.25, 0.3) is 5.88 Å². The Morgan fingerprint density at radius 2 is 0.983 bits per heavy atom. The molecule has 0 spiro atoms. The molecule has 27 nitrogen and oxygen atoms in total. The first kappa shape index (κ1) is 88.7. The second-order valence-corrected chi connectivity index (χ2v) is 30.9. The van der Waals surface area contributed by atoms with Crippen molar-refractivity contribution in [3.05, 3.63) is 197 Å². The maximum Gasteiger partial charge on any atom is 0.414 e. The molecule has 13 rings (SSSR count). The van der Waals surface area contributed by atoms with Gasteiger partial charge in [-0.1, -0.05) is 129 Å². The third-order valence-corrected chi connectivity index (χ3v) is 21.3. The number of ether oxygens (including phenoxy) is 6. The summed E-state index contributed by atoms with van der Waals surface area (Å²) >= 11 is 0. The van der Waals surface area contributed by atoms with Crippen molar-refractivity contribution in [2.45, 2.75) is 194 Å². The van der Waals surface area contributed by atoms with Crippen molar-refractivity contribution in [2.24, 2.45) is 11.8 Å². The van der Waals surface area contributed by atoms with Crippen molar-refractivity contribution in [1.29, 1.82) is 0 Å². The molecule has 628 valence electrons. The van der Waals surface area contributed by atoms with E-state index < -0.39 is 29.9 Å². The minimum absolute atomic E-state index is 0.00445. The molecule has 0 radical (unpaired) electrons. The third kappa shape index (κ3) is 28.3. The number of likely N-dealkylation sites (tertiary alicyclic amines) is 4. The average Bonchev–Trinajstić information content (AvgIpc) is 1.49. The Hall–Kier alpha value is -11.7. The van der Waals surface area contributed by atoms with Crippen molar-refractivity contribution in [3.8, 4) is 23.5 Å². The van der Waals surface area contributed by atoms with Crippen LogP contribution in [0, 0.1) is 38.4 Å². The number of aryl methyl sites for hydroxylation is 3. The molecule has 6 fully saturated rings. The van der Waals surface area contributed by atoms with Gasteiger partial charge in [-0.15, -0.1) is 0 Å². The molecule has 3 unspecified atom stereocenters. The molecule has 0 bridgehead atoms. The highest BCUT2D eigenvalue weighted by atomic mass is 19.1. The van der Waals surface area contributed by atoms with Crippen LogP contribution in [0.25, 0.3) is 0 Å². The van der Waals surface area contributed by atoms with Crippen LogP contribution in [0.2, 0.25) is 0 Å². The molecule has 9 heterocycles. The van der Waals surface area contributed by atoms with Crippen LogP contribution in [0.15, 0.2) is 158 Å². The molecule has 7 aromatic rings. The number of hydrogen-bond acceptors (Lipinski definition) is 20. The highest BCUT2D eigenvalue weighted by Gasteiger charge is 2.38. The minimum Gasteiger partial charge on any atom is -0.474 e. The first-order valence-electron chi connectivity index (χ1n) is 41.1. The van der Waals surface area contributed by atoms with E-state index in [-0.39, 0.29) is 141 Å². The van der Waals surface area contributed by atoms with Gasteiger partial charge in [0.1, 0.15) is 43.0 Å². The summed E-state index contributed by atoms with van der Waals surface area (Å²) in [5.74, 6) is -0.744. The number of esters is 1. The van der Waals surface area contributed by atoms with Crippen LogP contribution in [0.1, 0.15) is 173 Å².